The summed E-state index contributed by atoms with van der Waals surface area (Å²) in [5, 5.41) is 18.1. The van der Waals surface area contributed by atoms with Crippen LogP contribution in [0.3, 0.4) is 0 Å². The van der Waals surface area contributed by atoms with Gasteiger partial charge in [-0.3, -0.25) is 14.7 Å². The van der Waals surface area contributed by atoms with Crippen LogP contribution < -0.4 is 15.6 Å². The van der Waals surface area contributed by atoms with Gasteiger partial charge in [0.1, 0.15) is 17.1 Å². The van der Waals surface area contributed by atoms with Crippen molar-refractivity contribution in [3.05, 3.63) is 64.7 Å². The number of H-pyrrole nitrogens is 1. The minimum atomic E-state index is -0.271. The van der Waals surface area contributed by atoms with Gasteiger partial charge in [-0.2, -0.15) is 5.10 Å². The lowest BCUT2D eigenvalue weighted by Crippen LogP contribution is -2.29. The van der Waals surface area contributed by atoms with Crippen molar-refractivity contribution in [1.29, 1.82) is 0 Å². The smallest absolute Gasteiger partial charge is 0.277 e. The summed E-state index contributed by atoms with van der Waals surface area (Å²) in [7, 11) is 1.60. The SMILES string of the molecule is COc1ccc(-c2n[nH]c(CNC(=O)CCn3nnc4ccccc4c3=O)n2)cc1. The van der Waals surface area contributed by atoms with E-state index in [0.29, 0.717) is 22.6 Å². The van der Waals surface area contributed by atoms with E-state index in [4.69, 9.17) is 4.74 Å². The fourth-order valence-electron chi connectivity index (χ4n) is 2.89. The number of hydrogen-bond acceptors (Lipinski definition) is 7. The average molecular weight is 405 g/mol. The van der Waals surface area contributed by atoms with E-state index in [1.54, 1.807) is 31.4 Å². The molecule has 1 amide bonds. The molecular weight excluding hydrogens is 386 g/mol. The molecule has 2 aromatic heterocycles. The van der Waals surface area contributed by atoms with Gasteiger partial charge in [0.05, 0.1) is 25.6 Å². The van der Waals surface area contributed by atoms with Gasteiger partial charge in [-0.25, -0.2) is 9.67 Å². The number of hydrogen-bond donors (Lipinski definition) is 2. The van der Waals surface area contributed by atoms with Crippen LogP contribution in [0.4, 0.5) is 0 Å². The maximum atomic E-state index is 12.4. The lowest BCUT2D eigenvalue weighted by Gasteiger charge is -2.05. The summed E-state index contributed by atoms with van der Waals surface area (Å²) in [4.78, 5) is 28.9. The minimum Gasteiger partial charge on any atom is -0.497 e. The van der Waals surface area contributed by atoms with Crippen LogP contribution in [0.2, 0.25) is 0 Å². The predicted molar refractivity (Wildman–Crippen MR) is 109 cm³/mol. The molecule has 0 radical (unpaired) electrons. The minimum absolute atomic E-state index is 0.0897. The molecule has 10 heteroatoms. The first-order valence-electron chi connectivity index (χ1n) is 9.29. The van der Waals surface area contributed by atoms with Crippen molar-refractivity contribution in [3.8, 4) is 17.1 Å². The van der Waals surface area contributed by atoms with E-state index < -0.39 is 0 Å². The number of carbonyl (C=O) groups is 1. The summed E-state index contributed by atoms with van der Waals surface area (Å²) in [5.74, 6) is 1.56. The van der Waals surface area contributed by atoms with Crippen molar-refractivity contribution in [2.24, 2.45) is 0 Å². The Bertz CT molecular complexity index is 1230. The number of rotatable bonds is 7. The number of nitrogens with zero attached hydrogens (tertiary/aromatic N) is 5. The molecule has 0 atom stereocenters. The van der Waals surface area contributed by atoms with Crippen LogP contribution in [-0.4, -0.2) is 43.2 Å². The Hall–Kier alpha value is -4.08. The van der Waals surface area contributed by atoms with Crippen molar-refractivity contribution in [1.82, 2.24) is 35.5 Å². The molecule has 4 rings (SSSR count). The number of nitrogens with one attached hydrogen (secondary N) is 2. The number of methoxy groups -OCH3 is 1. The Morgan fingerprint density at radius 3 is 2.77 bits per heavy atom. The van der Waals surface area contributed by atoms with Gasteiger partial charge in [0.25, 0.3) is 5.56 Å². The lowest BCUT2D eigenvalue weighted by molar-refractivity contribution is -0.121. The molecule has 0 saturated heterocycles. The van der Waals surface area contributed by atoms with Gasteiger partial charge in [0.2, 0.25) is 5.91 Å². The summed E-state index contributed by atoms with van der Waals surface area (Å²) in [6.45, 7) is 0.330. The van der Waals surface area contributed by atoms with Gasteiger partial charge in [-0.15, -0.1) is 5.10 Å². The van der Waals surface area contributed by atoms with Crippen molar-refractivity contribution in [2.45, 2.75) is 19.5 Å². The van der Waals surface area contributed by atoms with Crippen molar-refractivity contribution < 1.29 is 9.53 Å². The molecule has 0 aliphatic rings. The van der Waals surface area contributed by atoms with Crippen LogP contribution in [0.15, 0.2) is 53.3 Å². The van der Waals surface area contributed by atoms with E-state index in [9.17, 15) is 9.59 Å². The maximum absolute atomic E-state index is 12.4. The standard InChI is InChI=1S/C20H19N7O3/c1-30-14-8-6-13(7-9-14)19-22-17(24-25-19)12-21-18(28)10-11-27-20(29)15-4-2-3-5-16(15)23-26-27/h2-9H,10-12H2,1H3,(H,21,28)(H,22,24,25). The van der Waals surface area contributed by atoms with Gasteiger partial charge < -0.3 is 10.1 Å². The van der Waals surface area contributed by atoms with E-state index >= 15 is 0 Å². The first-order chi connectivity index (χ1) is 14.6. The van der Waals surface area contributed by atoms with Crippen LogP contribution in [0.25, 0.3) is 22.3 Å². The number of ether oxygens (including phenoxy) is 1. The van der Waals surface area contributed by atoms with Gasteiger partial charge in [-0.05, 0) is 36.4 Å². The maximum Gasteiger partial charge on any atom is 0.277 e. The van der Waals surface area contributed by atoms with E-state index in [-0.39, 0.29) is 31.0 Å². The highest BCUT2D eigenvalue weighted by Gasteiger charge is 2.10. The second kappa shape index (κ2) is 8.52. The highest BCUT2D eigenvalue weighted by Crippen LogP contribution is 2.18. The monoisotopic (exact) mass is 405 g/mol. The van der Waals surface area contributed by atoms with Crippen LogP contribution in [0, 0.1) is 0 Å². The Morgan fingerprint density at radius 2 is 1.97 bits per heavy atom. The molecule has 30 heavy (non-hydrogen) atoms. The van der Waals surface area contributed by atoms with Crippen LogP contribution >= 0.6 is 0 Å². The van der Waals surface area contributed by atoms with E-state index in [1.165, 1.54) is 4.68 Å². The van der Waals surface area contributed by atoms with Crippen LogP contribution in [0.1, 0.15) is 12.2 Å². The molecule has 0 aliphatic heterocycles. The van der Waals surface area contributed by atoms with E-state index in [1.807, 2.05) is 24.3 Å². The molecule has 2 heterocycles. The summed E-state index contributed by atoms with van der Waals surface area (Å²) >= 11 is 0. The van der Waals surface area contributed by atoms with E-state index in [0.717, 1.165) is 11.3 Å². The summed E-state index contributed by atoms with van der Waals surface area (Å²) in [6, 6.07) is 14.3. The van der Waals surface area contributed by atoms with Gasteiger partial charge >= 0.3 is 0 Å². The molecule has 0 fully saturated rings. The molecule has 0 bridgehead atoms. The average Bonchev–Trinajstić information content (AvgIpc) is 3.26. The summed E-state index contributed by atoms with van der Waals surface area (Å²) < 4.78 is 6.33. The van der Waals surface area contributed by atoms with Crippen molar-refractivity contribution >= 4 is 16.8 Å². The third-order valence-corrected chi connectivity index (χ3v) is 4.51. The van der Waals surface area contributed by atoms with Gasteiger partial charge in [0.15, 0.2) is 5.82 Å². The highest BCUT2D eigenvalue weighted by molar-refractivity contribution is 5.77. The zero-order valence-corrected chi connectivity index (χ0v) is 16.2. The van der Waals surface area contributed by atoms with Gasteiger partial charge in [-0.1, -0.05) is 17.3 Å². The quantitative estimate of drug-likeness (QED) is 0.474. The van der Waals surface area contributed by atoms with Crippen LogP contribution in [0.5, 0.6) is 5.75 Å². The Labute approximate surface area is 170 Å². The molecule has 152 valence electrons. The zero-order chi connectivity index (χ0) is 20.9. The predicted octanol–water partition coefficient (Wildman–Crippen LogP) is 1.29. The summed E-state index contributed by atoms with van der Waals surface area (Å²) in [6.07, 6.45) is 0.0897. The largest absolute Gasteiger partial charge is 0.497 e. The second-order valence-corrected chi connectivity index (χ2v) is 6.50. The lowest BCUT2D eigenvalue weighted by atomic mass is 10.2. The molecule has 2 N–H and O–H groups in total. The van der Waals surface area contributed by atoms with E-state index in [2.05, 4.69) is 30.8 Å². The number of aryl methyl sites for hydroxylation is 1. The highest BCUT2D eigenvalue weighted by atomic mass is 16.5. The fourth-order valence-corrected chi connectivity index (χ4v) is 2.89. The Balaban J connectivity index is 1.33. The topological polar surface area (TPSA) is 128 Å². The molecule has 0 aliphatic carbocycles. The molecule has 0 spiro atoms. The number of aromatic amines is 1. The molecule has 0 saturated carbocycles. The number of amides is 1. The third kappa shape index (κ3) is 4.17. The zero-order valence-electron chi connectivity index (χ0n) is 16.2. The Kier molecular flexibility index (Phi) is 5.46. The number of aromatic nitrogens is 6. The second-order valence-electron chi connectivity index (χ2n) is 6.50. The number of fused-ring (bicyclic) bond motifs is 1. The van der Waals surface area contributed by atoms with Gasteiger partial charge in [0, 0.05) is 12.0 Å². The molecular formula is C20H19N7O3. The van der Waals surface area contributed by atoms with Crippen molar-refractivity contribution in [3.63, 3.8) is 0 Å². The van der Waals surface area contributed by atoms with Crippen molar-refractivity contribution in [2.75, 3.05) is 7.11 Å². The fraction of sp³-hybridized carbons (Fsp3) is 0.200. The number of benzene rings is 2. The number of carbonyl (C=O) groups excluding carboxylic acids is 1. The Morgan fingerprint density at radius 1 is 1.17 bits per heavy atom. The first-order valence-corrected chi connectivity index (χ1v) is 9.29. The first kappa shape index (κ1) is 19.2. The molecule has 2 aromatic carbocycles. The molecule has 4 aromatic rings. The molecule has 0 unspecified atom stereocenters. The summed E-state index contributed by atoms with van der Waals surface area (Å²) in [5.41, 5.74) is 1.09. The molecule has 10 nitrogen and oxygen atoms in total. The third-order valence-electron chi connectivity index (χ3n) is 4.51. The normalized spacial score (nSPS) is 10.8. The van der Waals surface area contributed by atoms with Crippen LogP contribution in [-0.2, 0) is 17.9 Å².